The Labute approximate surface area is 121 Å². The van der Waals surface area contributed by atoms with Gasteiger partial charge in [-0.25, -0.2) is 13.1 Å². The Morgan fingerprint density at radius 1 is 1.30 bits per heavy atom. The van der Waals surface area contributed by atoms with Gasteiger partial charge in [-0.2, -0.15) is 0 Å². The summed E-state index contributed by atoms with van der Waals surface area (Å²) in [4.78, 5) is 0.285. The van der Waals surface area contributed by atoms with E-state index in [1.165, 1.54) is 0 Å². The second kappa shape index (κ2) is 7.44. The highest BCUT2D eigenvalue weighted by molar-refractivity contribution is 7.89. The first-order valence-corrected chi connectivity index (χ1v) is 8.24. The smallest absolute Gasteiger partial charge is 0.241 e. The van der Waals surface area contributed by atoms with Crippen molar-refractivity contribution in [2.45, 2.75) is 44.6 Å². The molecule has 0 radical (unpaired) electrons. The molecule has 0 saturated heterocycles. The number of hydrogen-bond acceptors (Lipinski definition) is 3. The molecule has 0 unspecified atom stereocenters. The molecule has 0 aromatic heterocycles. The van der Waals surface area contributed by atoms with Crippen molar-refractivity contribution >= 4 is 10.0 Å². The van der Waals surface area contributed by atoms with Crippen molar-refractivity contribution in [3.05, 3.63) is 29.3 Å². The zero-order valence-corrected chi connectivity index (χ0v) is 13.0. The number of nitrogens with one attached hydrogen (secondary N) is 1. The fourth-order valence-corrected chi connectivity index (χ4v) is 3.53. The molecule has 0 bridgehead atoms. The van der Waals surface area contributed by atoms with Crippen LogP contribution in [0.15, 0.2) is 23.1 Å². The van der Waals surface area contributed by atoms with Crippen molar-refractivity contribution in [2.75, 3.05) is 6.54 Å². The molecular weight excluding hydrogens is 272 g/mol. The van der Waals surface area contributed by atoms with E-state index >= 15 is 0 Å². The molecule has 0 atom stereocenters. The van der Waals surface area contributed by atoms with Crippen molar-refractivity contribution in [2.24, 2.45) is 5.73 Å². The average molecular weight is 294 g/mol. The molecule has 0 heterocycles. The van der Waals surface area contributed by atoms with Crippen molar-refractivity contribution < 1.29 is 8.42 Å². The lowest BCUT2D eigenvalue weighted by molar-refractivity contribution is 0.530. The second-order valence-corrected chi connectivity index (χ2v) is 6.30. The van der Waals surface area contributed by atoms with Gasteiger partial charge in [-0.1, -0.05) is 31.8 Å². The third kappa shape index (κ3) is 4.34. The summed E-state index contributed by atoms with van der Waals surface area (Å²) in [5.41, 5.74) is 6.70. The van der Waals surface area contributed by atoms with Gasteiger partial charge in [0.2, 0.25) is 10.0 Å². The van der Waals surface area contributed by atoms with Gasteiger partial charge in [0, 0.05) is 11.6 Å². The van der Waals surface area contributed by atoms with E-state index in [0.717, 1.165) is 12.8 Å². The summed E-state index contributed by atoms with van der Waals surface area (Å²) in [5.74, 6) is 5.59. The number of sulfonamides is 1. The molecule has 0 saturated carbocycles. The number of hydrogen-bond donors (Lipinski definition) is 2. The van der Waals surface area contributed by atoms with E-state index in [1.54, 1.807) is 25.1 Å². The third-order valence-corrected chi connectivity index (χ3v) is 4.78. The van der Waals surface area contributed by atoms with Crippen molar-refractivity contribution in [3.63, 3.8) is 0 Å². The number of rotatable bonds is 5. The van der Waals surface area contributed by atoms with E-state index in [9.17, 15) is 8.42 Å². The van der Waals surface area contributed by atoms with Crippen LogP contribution in [0, 0.1) is 18.8 Å². The minimum Gasteiger partial charge on any atom is -0.320 e. The lowest BCUT2D eigenvalue weighted by Gasteiger charge is -2.16. The molecule has 1 aromatic carbocycles. The van der Waals surface area contributed by atoms with Crippen molar-refractivity contribution in [3.8, 4) is 11.8 Å². The van der Waals surface area contributed by atoms with E-state index in [-0.39, 0.29) is 17.5 Å². The Bertz CT molecular complexity index is 608. The van der Waals surface area contributed by atoms with Crippen LogP contribution in [-0.2, 0) is 10.0 Å². The molecule has 0 aliphatic heterocycles. The highest BCUT2D eigenvalue weighted by Crippen LogP contribution is 2.17. The van der Waals surface area contributed by atoms with E-state index in [4.69, 9.17) is 5.73 Å². The predicted octanol–water partition coefficient (Wildman–Crippen LogP) is 1.77. The maximum absolute atomic E-state index is 12.4. The van der Waals surface area contributed by atoms with E-state index in [0.29, 0.717) is 11.1 Å². The summed E-state index contributed by atoms with van der Waals surface area (Å²) in [5, 5.41) is 0. The highest BCUT2D eigenvalue weighted by atomic mass is 32.2. The SMILES string of the molecule is CCC(CC)NS(=O)(=O)c1cc(C#CCN)ccc1C. The first-order chi connectivity index (χ1) is 9.44. The van der Waals surface area contributed by atoms with Gasteiger partial charge >= 0.3 is 0 Å². The van der Waals surface area contributed by atoms with Crippen LogP contribution in [-0.4, -0.2) is 21.0 Å². The first-order valence-electron chi connectivity index (χ1n) is 6.76. The molecule has 0 fully saturated rings. The molecule has 4 nitrogen and oxygen atoms in total. The van der Waals surface area contributed by atoms with Crippen molar-refractivity contribution in [1.29, 1.82) is 0 Å². The summed E-state index contributed by atoms with van der Waals surface area (Å²) < 4.78 is 27.6. The molecule has 0 aliphatic carbocycles. The summed E-state index contributed by atoms with van der Waals surface area (Å²) in [6.07, 6.45) is 1.53. The van der Waals surface area contributed by atoms with Crippen LogP contribution in [0.5, 0.6) is 0 Å². The minimum absolute atomic E-state index is 0.0433. The Balaban J connectivity index is 3.16. The van der Waals surface area contributed by atoms with Gasteiger partial charge in [-0.3, -0.25) is 0 Å². The van der Waals surface area contributed by atoms with Crippen LogP contribution in [0.4, 0.5) is 0 Å². The summed E-state index contributed by atoms with van der Waals surface area (Å²) in [6.45, 7) is 5.96. The maximum atomic E-state index is 12.4. The summed E-state index contributed by atoms with van der Waals surface area (Å²) in [6, 6.07) is 5.12. The summed E-state index contributed by atoms with van der Waals surface area (Å²) >= 11 is 0. The van der Waals surface area contributed by atoms with Gasteiger partial charge in [0.15, 0.2) is 0 Å². The van der Waals surface area contributed by atoms with E-state index in [2.05, 4.69) is 16.6 Å². The Hall–Kier alpha value is -1.35. The summed E-state index contributed by atoms with van der Waals surface area (Å²) in [7, 11) is -3.51. The molecule has 0 spiro atoms. The number of aryl methyl sites for hydroxylation is 1. The normalized spacial score (nSPS) is 11.2. The molecule has 1 aromatic rings. The largest absolute Gasteiger partial charge is 0.320 e. The number of nitrogens with two attached hydrogens (primary N) is 1. The van der Waals surface area contributed by atoms with Crippen molar-refractivity contribution in [1.82, 2.24) is 4.72 Å². The highest BCUT2D eigenvalue weighted by Gasteiger charge is 2.20. The Morgan fingerprint density at radius 2 is 1.95 bits per heavy atom. The zero-order chi connectivity index (χ0) is 15.2. The topological polar surface area (TPSA) is 72.2 Å². The quantitative estimate of drug-likeness (QED) is 0.813. The zero-order valence-electron chi connectivity index (χ0n) is 12.2. The van der Waals surface area contributed by atoms with Crippen LogP contribution < -0.4 is 10.5 Å². The molecular formula is C15H22N2O2S. The minimum atomic E-state index is -3.51. The van der Waals surface area contributed by atoms with E-state index < -0.39 is 10.0 Å². The Kier molecular flexibility index (Phi) is 6.21. The monoisotopic (exact) mass is 294 g/mol. The molecule has 0 amide bonds. The molecule has 0 aliphatic rings. The molecule has 1 rings (SSSR count). The fourth-order valence-electron chi connectivity index (χ4n) is 1.86. The van der Waals surface area contributed by atoms with Gasteiger partial charge in [-0.15, -0.1) is 0 Å². The third-order valence-electron chi connectivity index (χ3n) is 3.12. The lowest BCUT2D eigenvalue weighted by Crippen LogP contribution is -2.34. The standard InChI is InChI=1S/C15H22N2O2S/c1-4-14(5-2)17-20(18,19)15-11-13(7-6-10-16)9-8-12(15)3/h8-9,11,14,17H,4-5,10,16H2,1-3H3. The molecule has 110 valence electrons. The number of benzene rings is 1. The van der Waals surface area contributed by atoms with Gasteiger partial charge in [0.05, 0.1) is 11.4 Å². The predicted molar refractivity (Wildman–Crippen MR) is 81.8 cm³/mol. The maximum Gasteiger partial charge on any atom is 0.241 e. The van der Waals surface area contributed by atoms with Gasteiger partial charge in [-0.05, 0) is 37.5 Å². The Morgan fingerprint density at radius 3 is 2.50 bits per heavy atom. The van der Waals surface area contributed by atoms with Crippen LogP contribution >= 0.6 is 0 Å². The van der Waals surface area contributed by atoms with Crippen LogP contribution in [0.1, 0.15) is 37.8 Å². The molecule has 20 heavy (non-hydrogen) atoms. The first kappa shape index (κ1) is 16.7. The van der Waals surface area contributed by atoms with Crippen LogP contribution in [0.25, 0.3) is 0 Å². The van der Waals surface area contributed by atoms with Gasteiger partial charge in [0.25, 0.3) is 0 Å². The molecule has 3 N–H and O–H groups in total. The van der Waals surface area contributed by atoms with Gasteiger partial charge < -0.3 is 5.73 Å². The fraction of sp³-hybridized carbons (Fsp3) is 0.467. The van der Waals surface area contributed by atoms with Crippen LogP contribution in [0.2, 0.25) is 0 Å². The van der Waals surface area contributed by atoms with E-state index in [1.807, 2.05) is 13.8 Å². The van der Waals surface area contributed by atoms with Crippen LogP contribution in [0.3, 0.4) is 0 Å². The van der Waals surface area contributed by atoms with Gasteiger partial charge in [0.1, 0.15) is 0 Å². The second-order valence-electron chi connectivity index (χ2n) is 4.62. The lowest BCUT2D eigenvalue weighted by atomic mass is 10.1. The average Bonchev–Trinajstić information content (AvgIpc) is 2.43. The molecule has 5 heteroatoms.